The normalized spacial score (nSPS) is 20.9. The first-order valence-electron chi connectivity index (χ1n) is 12.6. The molecular weight excluding hydrogens is 449 g/mol. The molecule has 0 N–H and O–H groups in total. The first-order valence-corrected chi connectivity index (χ1v) is 13.5. The SMILES string of the molecule is CCCCCCC(=O)N1CCN(C(=O)CN2CCc3sccc3[C@H]2c2cccc(F)c2)C[C@H]1C. The van der Waals surface area contributed by atoms with E-state index < -0.39 is 0 Å². The summed E-state index contributed by atoms with van der Waals surface area (Å²) in [5.41, 5.74) is 2.07. The number of carbonyl (C=O) groups excluding carboxylic acids is 2. The van der Waals surface area contributed by atoms with Gasteiger partial charge in [-0.05, 0) is 54.5 Å². The maximum Gasteiger partial charge on any atom is 0.236 e. The minimum absolute atomic E-state index is 0.0280. The summed E-state index contributed by atoms with van der Waals surface area (Å²) in [6.45, 7) is 7.02. The largest absolute Gasteiger partial charge is 0.338 e. The summed E-state index contributed by atoms with van der Waals surface area (Å²) in [4.78, 5) is 33.4. The van der Waals surface area contributed by atoms with Gasteiger partial charge in [0.05, 0.1) is 12.6 Å². The molecule has 1 aromatic heterocycles. The van der Waals surface area contributed by atoms with E-state index in [0.29, 0.717) is 32.6 Å². The number of unbranched alkanes of at least 4 members (excludes halogenated alkanes) is 3. The molecule has 184 valence electrons. The fourth-order valence-corrected chi connectivity index (χ4v) is 6.18. The number of halogens is 1. The highest BCUT2D eigenvalue weighted by Gasteiger charge is 2.34. The van der Waals surface area contributed by atoms with E-state index in [1.165, 1.54) is 22.9 Å². The lowest BCUT2D eigenvalue weighted by molar-refractivity contribution is -0.143. The van der Waals surface area contributed by atoms with Crippen molar-refractivity contribution < 1.29 is 14.0 Å². The van der Waals surface area contributed by atoms with Gasteiger partial charge in [0.2, 0.25) is 11.8 Å². The topological polar surface area (TPSA) is 43.9 Å². The number of hydrogen-bond acceptors (Lipinski definition) is 4. The van der Waals surface area contributed by atoms with E-state index >= 15 is 0 Å². The molecule has 0 unspecified atom stereocenters. The molecule has 1 saturated heterocycles. The molecule has 0 radical (unpaired) electrons. The van der Waals surface area contributed by atoms with Gasteiger partial charge in [-0.2, -0.15) is 0 Å². The number of piperazine rings is 1. The Morgan fingerprint density at radius 2 is 1.94 bits per heavy atom. The van der Waals surface area contributed by atoms with Crippen LogP contribution in [-0.2, 0) is 16.0 Å². The van der Waals surface area contributed by atoms with Gasteiger partial charge in [-0.25, -0.2) is 4.39 Å². The quantitative estimate of drug-likeness (QED) is 0.502. The van der Waals surface area contributed by atoms with Crippen molar-refractivity contribution in [2.75, 3.05) is 32.7 Å². The lowest BCUT2D eigenvalue weighted by atomic mass is 9.93. The van der Waals surface area contributed by atoms with Gasteiger partial charge < -0.3 is 9.80 Å². The summed E-state index contributed by atoms with van der Waals surface area (Å²) in [5.74, 6) is 0.0419. The number of hydrogen-bond donors (Lipinski definition) is 0. The molecule has 2 amide bonds. The van der Waals surface area contributed by atoms with Crippen LogP contribution in [0.25, 0.3) is 0 Å². The fourth-order valence-electron chi connectivity index (χ4n) is 5.28. The molecule has 4 rings (SSSR count). The van der Waals surface area contributed by atoms with Gasteiger partial charge in [0.25, 0.3) is 0 Å². The average molecular weight is 486 g/mol. The van der Waals surface area contributed by atoms with Gasteiger partial charge >= 0.3 is 0 Å². The molecule has 1 fully saturated rings. The summed E-state index contributed by atoms with van der Waals surface area (Å²) >= 11 is 1.74. The molecule has 7 heteroatoms. The highest BCUT2D eigenvalue weighted by Crippen LogP contribution is 2.37. The van der Waals surface area contributed by atoms with Crippen LogP contribution in [0, 0.1) is 5.82 Å². The van der Waals surface area contributed by atoms with E-state index in [1.807, 2.05) is 22.8 Å². The van der Waals surface area contributed by atoms with Gasteiger partial charge in [0.1, 0.15) is 5.82 Å². The summed E-state index contributed by atoms with van der Waals surface area (Å²) < 4.78 is 14.0. The second kappa shape index (κ2) is 11.5. The van der Waals surface area contributed by atoms with Gasteiger partial charge in [-0.15, -0.1) is 11.3 Å². The maximum absolute atomic E-state index is 14.0. The van der Waals surface area contributed by atoms with Gasteiger partial charge in [-0.1, -0.05) is 38.3 Å². The fraction of sp³-hybridized carbons (Fsp3) is 0.556. The van der Waals surface area contributed by atoms with Crippen LogP contribution in [-0.4, -0.2) is 65.3 Å². The molecule has 0 spiro atoms. The number of fused-ring (bicyclic) bond motifs is 1. The lowest BCUT2D eigenvalue weighted by Gasteiger charge is -2.42. The van der Waals surface area contributed by atoms with Crippen molar-refractivity contribution in [3.8, 4) is 0 Å². The Hall–Kier alpha value is -2.25. The van der Waals surface area contributed by atoms with Gasteiger partial charge in [0, 0.05) is 43.5 Å². The van der Waals surface area contributed by atoms with E-state index in [4.69, 9.17) is 0 Å². The van der Waals surface area contributed by atoms with Crippen molar-refractivity contribution in [3.63, 3.8) is 0 Å². The van der Waals surface area contributed by atoms with Crippen LogP contribution in [0.2, 0.25) is 0 Å². The third kappa shape index (κ3) is 5.69. The number of thiophene rings is 1. The van der Waals surface area contributed by atoms with E-state index in [2.05, 4.69) is 23.3 Å². The monoisotopic (exact) mass is 485 g/mol. The van der Waals surface area contributed by atoms with Crippen molar-refractivity contribution in [1.29, 1.82) is 0 Å². The van der Waals surface area contributed by atoms with Crippen LogP contribution in [0.4, 0.5) is 4.39 Å². The molecule has 2 aliphatic rings. The molecule has 34 heavy (non-hydrogen) atoms. The number of rotatable bonds is 8. The molecule has 0 saturated carbocycles. The zero-order valence-electron chi connectivity index (χ0n) is 20.3. The predicted octanol–water partition coefficient (Wildman–Crippen LogP) is 4.86. The van der Waals surface area contributed by atoms with Crippen molar-refractivity contribution in [3.05, 3.63) is 57.5 Å². The molecule has 1 aromatic carbocycles. The molecule has 5 nitrogen and oxygen atoms in total. The maximum atomic E-state index is 14.0. The van der Waals surface area contributed by atoms with Crippen molar-refractivity contribution in [2.45, 2.75) is 64.5 Å². The van der Waals surface area contributed by atoms with E-state index in [0.717, 1.165) is 37.8 Å². The standard InChI is InChI=1S/C27H36FN3O2S/c1-3-4-5-6-10-25(32)31-15-14-29(18-20(31)2)26(33)19-30-13-11-24-23(12-16-34-24)27(30)21-8-7-9-22(28)17-21/h7-9,12,16-17,20,27H,3-6,10-11,13-15,18-19H2,1-2H3/t20-,27-/m1/s1. The zero-order valence-corrected chi connectivity index (χ0v) is 21.2. The van der Waals surface area contributed by atoms with E-state index in [-0.39, 0.29) is 29.7 Å². The van der Waals surface area contributed by atoms with Gasteiger partial charge in [0.15, 0.2) is 0 Å². The Morgan fingerprint density at radius 1 is 1.09 bits per heavy atom. The summed E-state index contributed by atoms with van der Waals surface area (Å²) in [6, 6.07) is 8.76. The zero-order chi connectivity index (χ0) is 24.1. The first kappa shape index (κ1) is 24.9. The van der Waals surface area contributed by atoms with Crippen LogP contribution in [0.1, 0.15) is 68.0 Å². The second-order valence-corrected chi connectivity index (χ2v) is 10.6. The average Bonchev–Trinajstić information content (AvgIpc) is 3.30. The Bertz CT molecular complexity index is 994. The predicted molar refractivity (Wildman–Crippen MR) is 134 cm³/mol. The summed E-state index contributed by atoms with van der Waals surface area (Å²) in [7, 11) is 0. The van der Waals surface area contributed by atoms with E-state index in [9.17, 15) is 14.0 Å². The molecule has 2 aromatic rings. The summed E-state index contributed by atoms with van der Waals surface area (Å²) in [6.07, 6.45) is 5.89. The Labute approximate surface area is 206 Å². The summed E-state index contributed by atoms with van der Waals surface area (Å²) in [5, 5.41) is 2.09. The smallest absolute Gasteiger partial charge is 0.236 e. The number of amides is 2. The van der Waals surface area contributed by atoms with Crippen molar-refractivity contribution in [1.82, 2.24) is 14.7 Å². The van der Waals surface area contributed by atoms with Crippen LogP contribution >= 0.6 is 11.3 Å². The minimum atomic E-state index is -0.254. The Kier molecular flexibility index (Phi) is 8.37. The molecular formula is C27H36FN3O2S. The molecule has 2 atom stereocenters. The van der Waals surface area contributed by atoms with Crippen LogP contribution in [0.5, 0.6) is 0 Å². The highest BCUT2D eigenvalue weighted by molar-refractivity contribution is 7.10. The second-order valence-electron chi connectivity index (χ2n) is 9.56. The van der Waals surface area contributed by atoms with Crippen molar-refractivity contribution in [2.24, 2.45) is 0 Å². The van der Waals surface area contributed by atoms with Crippen LogP contribution in [0.3, 0.4) is 0 Å². The van der Waals surface area contributed by atoms with Crippen LogP contribution in [0.15, 0.2) is 35.7 Å². The first-order chi connectivity index (χ1) is 16.5. The third-order valence-corrected chi connectivity index (χ3v) is 8.11. The van der Waals surface area contributed by atoms with E-state index in [1.54, 1.807) is 23.5 Å². The number of benzene rings is 1. The van der Waals surface area contributed by atoms with Crippen LogP contribution < -0.4 is 0 Å². The minimum Gasteiger partial charge on any atom is -0.338 e. The number of nitrogens with zero attached hydrogens (tertiary/aromatic N) is 3. The molecule has 0 aliphatic carbocycles. The highest BCUT2D eigenvalue weighted by atomic mass is 32.1. The third-order valence-electron chi connectivity index (χ3n) is 7.11. The van der Waals surface area contributed by atoms with Crippen molar-refractivity contribution >= 4 is 23.2 Å². The number of carbonyl (C=O) groups is 2. The van der Waals surface area contributed by atoms with Gasteiger partial charge in [-0.3, -0.25) is 14.5 Å². The lowest BCUT2D eigenvalue weighted by Crippen LogP contribution is -2.57. The molecule has 0 bridgehead atoms. The molecule has 3 heterocycles. The Morgan fingerprint density at radius 3 is 2.71 bits per heavy atom. The molecule has 2 aliphatic heterocycles. The Balaban J connectivity index is 1.39.